The van der Waals surface area contributed by atoms with Crippen molar-refractivity contribution >= 4 is 47.4 Å². The number of rotatable bonds is 18. The molecule has 1 aliphatic heterocycles. The molecule has 18 heteroatoms. The Kier molecular flexibility index (Phi) is 24.7. The van der Waals surface area contributed by atoms with E-state index in [0.717, 1.165) is 0 Å². The van der Waals surface area contributed by atoms with Crippen molar-refractivity contribution in [2.45, 2.75) is 142 Å². The number of likely N-dealkylation sites (N-methyl/N-ethyl adjacent to an activating group) is 6. The summed E-state index contributed by atoms with van der Waals surface area (Å²) in [6, 6.07) is 8.64. The molecule has 1 heterocycles. The lowest BCUT2D eigenvalue weighted by Crippen LogP contribution is -2.61. The van der Waals surface area contributed by atoms with Crippen molar-refractivity contribution in [1.82, 2.24) is 40.0 Å². The van der Waals surface area contributed by atoms with Gasteiger partial charge in [-0.15, -0.1) is 0 Å². The maximum absolute atomic E-state index is 15.1. The van der Waals surface area contributed by atoms with E-state index in [1.165, 1.54) is 47.8 Å². The number of nitrogens with zero attached hydrogens (tertiary/aromatic N) is 6. The van der Waals surface area contributed by atoms with Crippen LogP contribution in [0.15, 0.2) is 60.7 Å². The van der Waals surface area contributed by atoms with E-state index in [1.807, 2.05) is 67.5 Å². The zero-order chi connectivity index (χ0) is 55.7. The molecule has 74 heavy (non-hydrogen) atoms. The molecule has 0 saturated carbocycles. The third-order valence-corrected chi connectivity index (χ3v) is 13.6. The average Bonchev–Trinajstić information content (AvgIpc) is 3.34. The fourth-order valence-electron chi connectivity index (χ4n) is 9.16. The highest BCUT2D eigenvalue weighted by Crippen LogP contribution is 2.22. The zero-order valence-corrected chi connectivity index (χ0v) is 47.1. The smallest absolute Gasteiger partial charge is 0.329 e. The molecule has 18 nitrogen and oxygen atoms in total. The van der Waals surface area contributed by atoms with Gasteiger partial charge in [0.05, 0.1) is 12.1 Å². The molecule has 3 unspecified atom stereocenters. The molecule has 6 amide bonds. The minimum absolute atomic E-state index is 0.0200. The van der Waals surface area contributed by atoms with Crippen LogP contribution < -0.4 is 10.6 Å². The van der Waals surface area contributed by atoms with Crippen molar-refractivity contribution in [2.75, 3.05) is 69.6 Å². The second kappa shape index (κ2) is 29.3. The van der Waals surface area contributed by atoms with Gasteiger partial charge in [-0.25, -0.2) is 9.59 Å². The Labute approximate surface area is 441 Å². The molecule has 0 bridgehead atoms. The molecule has 2 N–H and O–H groups in total. The minimum Gasteiger partial charge on any atom is -0.461 e. The summed E-state index contributed by atoms with van der Waals surface area (Å²) in [7, 11) is 12.8. The lowest BCUT2D eigenvalue weighted by atomic mass is 9.98. The van der Waals surface area contributed by atoms with E-state index in [2.05, 4.69) is 10.6 Å². The number of hydrogen-bond donors (Lipinski definition) is 2. The van der Waals surface area contributed by atoms with Crippen LogP contribution in [0.3, 0.4) is 0 Å². The van der Waals surface area contributed by atoms with Gasteiger partial charge in [-0.3, -0.25) is 38.6 Å². The van der Waals surface area contributed by atoms with Crippen LogP contribution in [-0.2, 0) is 60.7 Å². The first kappa shape index (κ1) is 62.4. The molecule has 1 aliphatic rings. The fourth-order valence-corrected chi connectivity index (χ4v) is 9.16. The number of nitrogens with one attached hydrogen (secondary N) is 2. The monoisotopic (exact) mass is 1030 g/mol. The molecular formula is C56H88N8O10. The molecule has 0 spiro atoms. The van der Waals surface area contributed by atoms with Crippen LogP contribution in [0.5, 0.6) is 0 Å². The van der Waals surface area contributed by atoms with Gasteiger partial charge in [0.25, 0.3) is 0 Å². The summed E-state index contributed by atoms with van der Waals surface area (Å²) in [5, 5.41) is 5.70. The van der Waals surface area contributed by atoms with Gasteiger partial charge in [0.15, 0.2) is 0 Å². The van der Waals surface area contributed by atoms with Gasteiger partial charge in [-0.2, -0.15) is 0 Å². The highest BCUT2D eigenvalue weighted by molar-refractivity contribution is 5.96. The molecule has 412 valence electrons. The predicted molar refractivity (Wildman–Crippen MR) is 285 cm³/mol. The number of hydrogen-bond acceptors (Lipinski definition) is 12. The third-order valence-electron chi connectivity index (χ3n) is 13.6. The van der Waals surface area contributed by atoms with E-state index in [1.54, 1.807) is 86.5 Å². The van der Waals surface area contributed by atoms with Gasteiger partial charge in [0.2, 0.25) is 35.4 Å². The van der Waals surface area contributed by atoms with E-state index in [0.29, 0.717) is 24.0 Å². The molecule has 0 aliphatic carbocycles. The summed E-state index contributed by atoms with van der Waals surface area (Å²) in [6.07, 6.45) is 1.11. The van der Waals surface area contributed by atoms with Crippen LogP contribution >= 0.6 is 0 Å². The lowest BCUT2D eigenvalue weighted by molar-refractivity contribution is -0.162. The van der Waals surface area contributed by atoms with Gasteiger partial charge in [-0.1, -0.05) is 116 Å². The van der Waals surface area contributed by atoms with Gasteiger partial charge in [0.1, 0.15) is 49.5 Å². The first-order valence-electron chi connectivity index (χ1n) is 26.1. The van der Waals surface area contributed by atoms with E-state index in [-0.39, 0.29) is 49.4 Å². The van der Waals surface area contributed by atoms with E-state index in [4.69, 9.17) is 9.47 Å². The van der Waals surface area contributed by atoms with Crippen molar-refractivity contribution in [2.24, 2.45) is 23.7 Å². The number of ether oxygens (including phenoxy) is 2. The van der Waals surface area contributed by atoms with Gasteiger partial charge in [-0.05, 0) is 88.7 Å². The lowest BCUT2D eigenvalue weighted by Gasteiger charge is -2.38. The Morgan fingerprint density at radius 2 is 0.784 bits per heavy atom. The largest absolute Gasteiger partial charge is 0.461 e. The number of benzene rings is 2. The zero-order valence-electron chi connectivity index (χ0n) is 47.1. The molecule has 1 fully saturated rings. The third kappa shape index (κ3) is 18.2. The number of cyclic esters (lactones) is 2. The number of carbonyl (C=O) groups excluding carboxylic acids is 8. The van der Waals surface area contributed by atoms with Crippen LogP contribution in [-0.4, -0.2) is 195 Å². The SMILES string of the molecule is CC(C)CC(C(=O)N[C@H]1COC(=O)C(Cc2ccccc2)N(C)C(=O)[C@H](CC(C)C)N(C)C(=O)C(NC(=O)[C@H](CC(C)C)N(C)C)COC(=O)[C@H](Cc2ccccc2)N(C)C(=O)[C@H](CC(C)C)N(C)C1=O)N(C)C. The maximum Gasteiger partial charge on any atom is 0.329 e. The summed E-state index contributed by atoms with van der Waals surface area (Å²) < 4.78 is 12.1. The normalized spacial score (nSPS) is 22.5. The van der Waals surface area contributed by atoms with Crippen LogP contribution in [0, 0.1) is 23.7 Å². The average molecular weight is 1030 g/mol. The van der Waals surface area contributed by atoms with Crippen molar-refractivity contribution < 1.29 is 47.8 Å². The van der Waals surface area contributed by atoms with Crippen molar-refractivity contribution in [1.29, 1.82) is 0 Å². The van der Waals surface area contributed by atoms with Gasteiger partial charge >= 0.3 is 11.9 Å². The van der Waals surface area contributed by atoms with Crippen LogP contribution in [0.1, 0.15) is 92.2 Å². The number of amides is 6. The first-order chi connectivity index (χ1) is 34.7. The number of esters is 2. The predicted octanol–water partition coefficient (Wildman–Crippen LogP) is 3.89. The van der Waals surface area contributed by atoms with Crippen molar-refractivity contribution in [3.8, 4) is 0 Å². The second-order valence-electron chi connectivity index (χ2n) is 22.1. The summed E-state index contributed by atoms with van der Waals surface area (Å²) in [4.78, 5) is 126. The van der Waals surface area contributed by atoms with E-state index < -0.39 is 109 Å². The van der Waals surface area contributed by atoms with E-state index >= 15 is 19.2 Å². The van der Waals surface area contributed by atoms with Crippen LogP contribution in [0.25, 0.3) is 0 Å². The van der Waals surface area contributed by atoms with Crippen LogP contribution in [0.4, 0.5) is 0 Å². The van der Waals surface area contributed by atoms with Crippen molar-refractivity contribution in [3.05, 3.63) is 71.8 Å². The Bertz CT molecular complexity index is 2020. The molecule has 2 aromatic carbocycles. The maximum atomic E-state index is 15.1. The Morgan fingerprint density at radius 3 is 1.05 bits per heavy atom. The summed E-state index contributed by atoms with van der Waals surface area (Å²) >= 11 is 0. The Balaban J connectivity index is 2.36. The summed E-state index contributed by atoms with van der Waals surface area (Å²) in [5.74, 6) is -5.58. The molecule has 1 saturated heterocycles. The van der Waals surface area contributed by atoms with Crippen molar-refractivity contribution in [3.63, 3.8) is 0 Å². The Hall–Kier alpha value is -5.88. The molecule has 0 aromatic heterocycles. The van der Waals surface area contributed by atoms with Gasteiger partial charge < -0.3 is 39.7 Å². The fraction of sp³-hybridized carbons (Fsp3) is 0.643. The first-order valence-corrected chi connectivity index (χ1v) is 26.1. The number of carbonyl (C=O) groups is 8. The highest BCUT2D eigenvalue weighted by atomic mass is 16.5. The molecule has 8 atom stereocenters. The topological polar surface area (TPSA) is 199 Å². The molecular weight excluding hydrogens is 945 g/mol. The van der Waals surface area contributed by atoms with Gasteiger partial charge in [0, 0.05) is 41.0 Å². The second-order valence-corrected chi connectivity index (χ2v) is 22.1. The quantitative estimate of drug-likeness (QED) is 0.205. The Morgan fingerprint density at radius 1 is 0.486 bits per heavy atom. The molecule has 2 aromatic rings. The van der Waals surface area contributed by atoms with E-state index in [9.17, 15) is 19.2 Å². The summed E-state index contributed by atoms with van der Waals surface area (Å²) in [5.41, 5.74) is 1.37. The molecule has 0 radical (unpaired) electrons. The van der Waals surface area contributed by atoms with Crippen LogP contribution in [0.2, 0.25) is 0 Å². The minimum atomic E-state index is -1.50. The summed E-state index contributed by atoms with van der Waals surface area (Å²) in [6.45, 7) is 14.1. The molecule has 3 rings (SSSR count). The highest BCUT2D eigenvalue weighted by Gasteiger charge is 2.43. The standard InChI is InChI=1S/C56H88N8O10/c1-35(2)27-43(59(9)10)49(65)57-41-33-73-55(71)47(31-39-23-19-17-20-24-39)63(15)54(70)46(30-38(7)8)62(14)52(68)42(58-50(66)44(60(11)12)28-36(3)4)34-74-56(72)48(32-40-25-21-18-22-26-40)64(16)53(69)45(29-37(5)6)61(13)51(41)67/h17-26,35-38,41-48H,27-34H2,1-16H3,(H,57,65)(H,58,66)/t41-,42?,43?,44-,45-,46-,47?,48-/m0/s1.